The Bertz CT molecular complexity index is 1560. The predicted octanol–water partition coefficient (Wildman–Crippen LogP) is 6.59. The smallest absolute Gasteiger partial charge is 0.295 e. The molecular weight excluding hydrogens is 504 g/mol. The lowest BCUT2D eigenvalue weighted by Gasteiger charge is -2.25. The number of carbonyl (C=O) groups is 2. The average molecular weight is 535 g/mol. The molecule has 1 aliphatic rings. The number of rotatable bonds is 8. The van der Waals surface area contributed by atoms with Gasteiger partial charge in [0.1, 0.15) is 23.0 Å². The molecule has 3 aromatic carbocycles. The average Bonchev–Trinajstić information content (AvgIpc) is 3.20. The Kier molecular flexibility index (Phi) is 7.64. The number of aliphatic hydroxyl groups is 1. The zero-order valence-corrected chi connectivity index (χ0v) is 22.6. The molecule has 2 heterocycles. The van der Waals surface area contributed by atoms with Gasteiger partial charge in [-0.25, -0.2) is 0 Å². The third-order valence-electron chi connectivity index (χ3n) is 6.58. The van der Waals surface area contributed by atoms with Gasteiger partial charge in [0.25, 0.3) is 11.7 Å². The Labute approximate surface area is 233 Å². The Morgan fingerprint density at radius 3 is 2.42 bits per heavy atom. The van der Waals surface area contributed by atoms with Gasteiger partial charge in [-0.15, -0.1) is 0 Å². The number of ketones is 1. The first-order valence-corrected chi connectivity index (χ1v) is 13.1. The summed E-state index contributed by atoms with van der Waals surface area (Å²) in [6.45, 7) is 5.89. The molecule has 0 saturated carbocycles. The highest BCUT2D eigenvalue weighted by molar-refractivity contribution is 6.46. The fourth-order valence-electron chi connectivity index (χ4n) is 4.79. The van der Waals surface area contributed by atoms with Crippen LogP contribution in [0.1, 0.15) is 42.1 Å². The molecule has 0 bridgehead atoms. The van der Waals surface area contributed by atoms with E-state index in [0.717, 1.165) is 11.1 Å². The number of pyridine rings is 1. The molecule has 7 nitrogen and oxygen atoms in total. The van der Waals surface area contributed by atoms with E-state index < -0.39 is 17.7 Å². The number of hydrogen-bond donors (Lipinski definition) is 1. The van der Waals surface area contributed by atoms with E-state index >= 15 is 0 Å². The molecule has 1 aliphatic heterocycles. The van der Waals surface area contributed by atoms with Gasteiger partial charge >= 0.3 is 0 Å². The molecule has 7 heteroatoms. The van der Waals surface area contributed by atoms with E-state index in [9.17, 15) is 14.7 Å². The fourth-order valence-corrected chi connectivity index (χ4v) is 4.79. The summed E-state index contributed by atoms with van der Waals surface area (Å²) in [7, 11) is 0. The number of ether oxygens (including phenoxy) is 2. The zero-order valence-electron chi connectivity index (χ0n) is 22.6. The zero-order chi connectivity index (χ0) is 28.2. The third-order valence-corrected chi connectivity index (χ3v) is 6.58. The van der Waals surface area contributed by atoms with Gasteiger partial charge in [-0.3, -0.25) is 14.6 Å². The molecule has 0 unspecified atom stereocenters. The summed E-state index contributed by atoms with van der Waals surface area (Å²) in [5, 5.41) is 11.5. The summed E-state index contributed by atoms with van der Waals surface area (Å²) >= 11 is 0. The van der Waals surface area contributed by atoms with Crippen molar-refractivity contribution >= 4 is 17.4 Å². The second-order valence-electron chi connectivity index (χ2n) is 9.92. The van der Waals surface area contributed by atoms with E-state index in [-0.39, 0.29) is 24.0 Å². The number of aromatic nitrogens is 1. The minimum absolute atomic E-state index is 0.0127. The van der Waals surface area contributed by atoms with Gasteiger partial charge in [-0.05, 0) is 86.0 Å². The summed E-state index contributed by atoms with van der Waals surface area (Å²) in [5.41, 5.74) is 2.64. The molecule has 0 radical (unpaired) electrons. The summed E-state index contributed by atoms with van der Waals surface area (Å²) in [4.78, 5) is 32.5. The van der Waals surface area contributed by atoms with Crippen LogP contribution in [0, 0.1) is 6.92 Å². The summed E-state index contributed by atoms with van der Waals surface area (Å²) in [5.74, 6) is 0.198. The number of Topliss-reactive ketones (excluding diaryl/α,β-unsaturated/α-hetero) is 1. The van der Waals surface area contributed by atoms with Gasteiger partial charge in [0.05, 0.1) is 17.7 Å². The lowest BCUT2D eigenvalue weighted by molar-refractivity contribution is -0.140. The summed E-state index contributed by atoms with van der Waals surface area (Å²) < 4.78 is 11.9. The Balaban J connectivity index is 1.60. The van der Waals surface area contributed by atoms with E-state index in [4.69, 9.17) is 9.47 Å². The summed E-state index contributed by atoms with van der Waals surface area (Å²) in [6.07, 6.45) is 3.29. The standard InChI is InChI=1S/C33H30N2O5/c1-21(2)39-28-15-14-25(17-22(28)3)31(36)29-30(35(33(38)32(29)37)20-23-9-8-16-34-19-23)24-10-7-13-27(18-24)40-26-11-5-4-6-12-26/h4-19,21,30,36H,20H2,1-3H3/b31-29+/t30-/m1/s1. The van der Waals surface area contributed by atoms with Crippen LogP contribution in [0.4, 0.5) is 0 Å². The van der Waals surface area contributed by atoms with Crippen molar-refractivity contribution in [1.82, 2.24) is 9.88 Å². The first-order chi connectivity index (χ1) is 19.3. The highest BCUT2D eigenvalue weighted by Crippen LogP contribution is 2.41. The second kappa shape index (κ2) is 11.5. The molecule has 202 valence electrons. The number of likely N-dealkylation sites (tertiary alicyclic amines) is 1. The van der Waals surface area contributed by atoms with Crippen LogP contribution in [0.25, 0.3) is 5.76 Å². The quantitative estimate of drug-likeness (QED) is 0.156. The number of hydrogen-bond acceptors (Lipinski definition) is 6. The van der Waals surface area contributed by atoms with Crippen LogP contribution in [0.2, 0.25) is 0 Å². The van der Waals surface area contributed by atoms with Crippen molar-refractivity contribution in [2.24, 2.45) is 0 Å². The third kappa shape index (κ3) is 5.59. The van der Waals surface area contributed by atoms with E-state index in [1.807, 2.05) is 63.2 Å². The van der Waals surface area contributed by atoms with E-state index in [0.29, 0.717) is 28.4 Å². The van der Waals surface area contributed by atoms with Crippen LogP contribution in [-0.2, 0) is 16.1 Å². The molecule has 1 saturated heterocycles. The Hall–Kier alpha value is -4.91. The van der Waals surface area contributed by atoms with Gasteiger partial charge in [0.15, 0.2) is 0 Å². The van der Waals surface area contributed by atoms with Crippen molar-refractivity contribution in [3.63, 3.8) is 0 Å². The normalized spacial score (nSPS) is 16.4. The number of nitrogens with zero attached hydrogens (tertiary/aromatic N) is 2. The molecular formula is C33H30N2O5. The lowest BCUT2D eigenvalue weighted by Crippen LogP contribution is -2.29. The molecule has 1 atom stereocenters. The van der Waals surface area contributed by atoms with Crippen molar-refractivity contribution < 1.29 is 24.2 Å². The fraction of sp³-hybridized carbons (Fsp3) is 0.182. The lowest BCUT2D eigenvalue weighted by atomic mass is 9.94. The van der Waals surface area contributed by atoms with Crippen molar-refractivity contribution in [3.05, 3.63) is 125 Å². The van der Waals surface area contributed by atoms with Gasteiger partial charge in [-0.1, -0.05) is 36.4 Å². The highest BCUT2D eigenvalue weighted by Gasteiger charge is 2.46. The first-order valence-electron chi connectivity index (χ1n) is 13.1. The Morgan fingerprint density at radius 2 is 1.73 bits per heavy atom. The topological polar surface area (TPSA) is 89.0 Å². The maximum Gasteiger partial charge on any atom is 0.295 e. The maximum absolute atomic E-state index is 13.5. The number of carbonyl (C=O) groups excluding carboxylic acids is 2. The molecule has 1 amide bonds. The number of para-hydroxylation sites is 1. The maximum atomic E-state index is 13.5. The number of aliphatic hydroxyl groups excluding tert-OH is 1. The van der Waals surface area contributed by atoms with E-state index in [1.165, 1.54) is 4.90 Å². The van der Waals surface area contributed by atoms with Crippen molar-refractivity contribution in [3.8, 4) is 17.2 Å². The summed E-state index contributed by atoms with van der Waals surface area (Å²) in [6, 6.07) is 24.6. The number of amides is 1. The Morgan fingerprint density at radius 1 is 0.950 bits per heavy atom. The molecule has 40 heavy (non-hydrogen) atoms. The molecule has 0 aliphatic carbocycles. The molecule has 0 spiro atoms. The minimum Gasteiger partial charge on any atom is -0.507 e. The molecule has 1 fully saturated rings. The van der Waals surface area contributed by atoms with Crippen LogP contribution in [0.3, 0.4) is 0 Å². The van der Waals surface area contributed by atoms with Crippen LogP contribution < -0.4 is 9.47 Å². The van der Waals surface area contributed by atoms with E-state index in [2.05, 4.69) is 4.98 Å². The van der Waals surface area contributed by atoms with E-state index in [1.54, 1.807) is 54.9 Å². The largest absolute Gasteiger partial charge is 0.507 e. The number of benzene rings is 3. The van der Waals surface area contributed by atoms with Crippen molar-refractivity contribution in [2.45, 2.75) is 39.5 Å². The van der Waals surface area contributed by atoms with Crippen LogP contribution in [0.15, 0.2) is 103 Å². The van der Waals surface area contributed by atoms with Crippen molar-refractivity contribution in [2.75, 3.05) is 0 Å². The highest BCUT2D eigenvalue weighted by atomic mass is 16.5. The molecule has 1 aromatic heterocycles. The predicted molar refractivity (Wildman–Crippen MR) is 152 cm³/mol. The van der Waals surface area contributed by atoms with Gasteiger partial charge < -0.3 is 19.5 Å². The number of aryl methyl sites for hydroxylation is 1. The van der Waals surface area contributed by atoms with Gasteiger partial charge in [0.2, 0.25) is 0 Å². The van der Waals surface area contributed by atoms with Crippen LogP contribution >= 0.6 is 0 Å². The van der Waals surface area contributed by atoms with Gasteiger partial charge in [-0.2, -0.15) is 0 Å². The molecule has 5 rings (SSSR count). The van der Waals surface area contributed by atoms with Crippen molar-refractivity contribution in [1.29, 1.82) is 0 Å². The minimum atomic E-state index is -0.841. The SMILES string of the molecule is Cc1cc(/C(O)=C2\C(=O)C(=O)N(Cc3cccnc3)[C@@H]2c2cccc(Oc3ccccc3)c2)ccc1OC(C)C. The molecule has 4 aromatic rings. The molecule has 1 N–H and O–H groups in total. The monoisotopic (exact) mass is 534 g/mol. The van der Waals surface area contributed by atoms with Gasteiger partial charge in [0, 0.05) is 24.5 Å². The van der Waals surface area contributed by atoms with Crippen LogP contribution in [0.5, 0.6) is 17.2 Å². The van der Waals surface area contributed by atoms with Crippen LogP contribution in [-0.4, -0.2) is 32.8 Å². The first kappa shape index (κ1) is 26.7. The second-order valence-corrected chi connectivity index (χ2v) is 9.92.